The molecule has 25 heavy (non-hydrogen) atoms. The van der Waals surface area contributed by atoms with Gasteiger partial charge in [-0.15, -0.1) is 0 Å². The number of fused-ring (bicyclic) bond motifs is 1. The van der Waals surface area contributed by atoms with E-state index in [9.17, 15) is 9.59 Å². The summed E-state index contributed by atoms with van der Waals surface area (Å²) in [6.45, 7) is 0. The minimum atomic E-state index is -0.340. The zero-order chi connectivity index (χ0) is 17.4. The van der Waals surface area contributed by atoms with Gasteiger partial charge in [0.05, 0.1) is 17.1 Å². The number of hydrogen-bond donors (Lipinski definition) is 3. The third kappa shape index (κ3) is 2.77. The zero-order valence-electron chi connectivity index (χ0n) is 13.8. The summed E-state index contributed by atoms with van der Waals surface area (Å²) in [6, 6.07) is 7.00. The Morgan fingerprint density at radius 1 is 1.36 bits per heavy atom. The van der Waals surface area contributed by atoms with Crippen LogP contribution in [0, 0.1) is 0 Å². The van der Waals surface area contributed by atoms with Crippen LogP contribution in [-0.2, 0) is 11.8 Å². The Labute approximate surface area is 144 Å². The third-order valence-electron chi connectivity index (χ3n) is 4.69. The lowest BCUT2D eigenvalue weighted by Crippen LogP contribution is -2.50. The highest BCUT2D eigenvalue weighted by atomic mass is 16.2. The molecule has 1 aliphatic rings. The molecule has 7 nitrogen and oxygen atoms in total. The summed E-state index contributed by atoms with van der Waals surface area (Å²) in [6.07, 6.45) is 6.30. The molecule has 0 unspecified atom stereocenters. The maximum atomic E-state index is 12.8. The fraction of sp³-hybridized carbons (Fsp3) is 0.278. The predicted octanol–water partition coefficient (Wildman–Crippen LogP) is 1.65. The van der Waals surface area contributed by atoms with Crippen LogP contribution in [-0.4, -0.2) is 32.4 Å². The molecule has 1 saturated heterocycles. The van der Waals surface area contributed by atoms with Crippen LogP contribution in [0.3, 0.4) is 0 Å². The second-order valence-corrected chi connectivity index (χ2v) is 6.31. The number of aromatic nitrogens is 3. The monoisotopic (exact) mass is 337 g/mol. The molecule has 3 N–H and O–H groups in total. The van der Waals surface area contributed by atoms with E-state index in [-0.39, 0.29) is 23.9 Å². The molecule has 0 spiro atoms. The van der Waals surface area contributed by atoms with E-state index in [1.54, 1.807) is 12.3 Å². The largest absolute Gasteiger partial charge is 0.361 e. The molecule has 7 heteroatoms. The van der Waals surface area contributed by atoms with Gasteiger partial charge in [0.15, 0.2) is 0 Å². The van der Waals surface area contributed by atoms with Crippen molar-refractivity contribution in [2.45, 2.75) is 24.9 Å². The van der Waals surface area contributed by atoms with Crippen LogP contribution in [0.4, 0.5) is 0 Å². The van der Waals surface area contributed by atoms with E-state index >= 15 is 0 Å². The number of carbonyl (C=O) groups is 2. The van der Waals surface area contributed by atoms with Gasteiger partial charge < -0.3 is 20.2 Å². The van der Waals surface area contributed by atoms with E-state index in [0.29, 0.717) is 18.4 Å². The summed E-state index contributed by atoms with van der Waals surface area (Å²) < 4.78 is 1.86. The first-order chi connectivity index (χ1) is 12.1. The SMILES string of the molecule is Cn1ccnc1[C@@H]1NC(=O)CC[C@H]1NC(=O)c1cccc2cc[nH]c12. The smallest absolute Gasteiger partial charge is 0.253 e. The molecule has 2 atom stereocenters. The molecule has 0 saturated carbocycles. The fourth-order valence-corrected chi connectivity index (χ4v) is 3.40. The van der Waals surface area contributed by atoms with E-state index in [1.165, 1.54) is 0 Å². The summed E-state index contributed by atoms with van der Waals surface area (Å²) in [5.41, 5.74) is 1.41. The molecule has 1 aromatic carbocycles. The number of nitrogens with one attached hydrogen (secondary N) is 3. The van der Waals surface area contributed by atoms with Gasteiger partial charge >= 0.3 is 0 Å². The quantitative estimate of drug-likeness (QED) is 0.678. The average molecular weight is 337 g/mol. The molecular weight excluding hydrogens is 318 g/mol. The summed E-state index contributed by atoms with van der Waals surface area (Å²) in [7, 11) is 1.88. The zero-order valence-corrected chi connectivity index (χ0v) is 13.8. The predicted molar refractivity (Wildman–Crippen MR) is 92.9 cm³/mol. The first kappa shape index (κ1) is 15.4. The van der Waals surface area contributed by atoms with Crippen molar-refractivity contribution in [2.75, 3.05) is 0 Å². The van der Waals surface area contributed by atoms with Crippen LogP contribution in [0.1, 0.15) is 35.1 Å². The first-order valence-corrected chi connectivity index (χ1v) is 8.27. The number of carbonyl (C=O) groups excluding carboxylic acids is 2. The molecule has 1 fully saturated rings. The molecule has 128 valence electrons. The number of nitrogens with zero attached hydrogens (tertiary/aromatic N) is 2. The van der Waals surface area contributed by atoms with Gasteiger partial charge in [0.25, 0.3) is 5.91 Å². The third-order valence-corrected chi connectivity index (χ3v) is 4.69. The van der Waals surface area contributed by atoms with Gasteiger partial charge in [-0.3, -0.25) is 9.59 Å². The van der Waals surface area contributed by atoms with Crippen LogP contribution in [0.25, 0.3) is 10.9 Å². The van der Waals surface area contributed by atoms with Gasteiger partial charge in [-0.25, -0.2) is 4.98 Å². The summed E-state index contributed by atoms with van der Waals surface area (Å²) in [5.74, 6) is 0.551. The fourth-order valence-electron chi connectivity index (χ4n) is 3.40. The van der Waals surface area contributed by atoms with Crippen molar-refractivity contribution in [3.63, 3.8) is 0 Å². The molecule has 4 rings (SSSR count). The summed E-state index contributed by atoms with van der Waals surface area (Å²) in [4.78, 5) is 32.1. The topological polar surface area (TPSA) is 91.8 Å². The lowest BCUT2D eigenvalue weighted by molar-refractivity contribution is -0.124. The molecule has 3 aromatic rings. The van der Waals surface area contributed by atoms with E-state index in [2.05, 4.69) is 20.6 Å². The van der Waals surface area contributed by atoms with E-state index < -0.39 is 0 Å². The highest BCUT2D eigenvalue weighted by molar-refractivity contribution is 6.05. The van der Waals surface area contributed by atoms with Crippen molar-refractivity contribution in [3.05, 3.63) is 54.2 Å². The maximum absolute atomic E-state index is 12.8. The summed E-state index contributed by atoms with van der Waals surface area (Å²) >= 11 is 0. The number of para-hydroxylation sites is 1. The molecule has 3 heterocycles. The van der Waals surface area contributed by atoms with Gasteiger partial charge in [0.2, 0.25) is 5.91 Å². The van der Waals surface area contributed by atoms with Gasteiger partial charge in [-0.2, -0.15) is 0 Å². The van der Waals surface area contributed by atoms with Crippen LogP contribution >= 0.6 is 0 Å². The number of aryl methyl sites for hydroxylation is 1. The number of aromatic amines is 1. The Kier molecular flexibility index (Phi) is 3.76. The van der Waals surface area contributed by atoms with Crippen LogP contribution in [0.5, 0.6) is 0 Å². The second kappa shape index (κ2) is 6.08. The van der Waals surface area contributed by atoms with Gasteiger partial charge in [0, 0.05) is 37.4 Å². The molecule has 1 aliphatic heterocycles. The molecule has 2 aromatic heterocycles. The Hall–Kier alpha value is -3.09. The van der Waals surface area contributed by atoms with Crippen LogP contribution < -0.4 is 10.6 Å². The minimum absolute atomic E-state index is 0.0232. The minimum Gasteiger partial charge on any atom is -0.361 e. The van der Waals surface area contributed by atoms with Crippen LogP contribution in [0.15, 0.2) is 42.9 Å². The molecular formula is C18H19N5O2. The number of amides is 2. The number of piperidine rings is 1. The standard InChI is InChI=1S/C18H19N5O2/c1-23-10-9-20-17(23)16-13(5-6-14(24)22-16)21-18(25)12-4-2-3-11-7-8-19-15(11)12/h2-4,7-10,13,16,19H,5-6H2,1H3,(H,21,25)(H,22,24)/t13-,16-/m1/s1. The van der Waals surface area contributed by atoms with Crippen molar-refractivity contribution in [1.82, 2.24) is 25.2 Å². The Morgan fingerprint density at radius 3 is 3.04 bits per heavy atom. The van der Waals surface area contributed by atoms with E-state index in [1.807, 2.05) is 42.2 Å². The van der Waals surface area contributed by atoms with Crippen molar-refractivity contribution >= 4 is 22.7 Å². The van der Waals surface area contributed by atoms with E-state index in [0.717, 1.165) is 16.7 Å². The van der Waals surface area contributed by atoms with Gasteiger partial charge in [0.1, 0.15) is 11.9 Å². The van der Waals surface area contributed by atoms with Crippen LogP contribution in [0.2, 0.25) is 0 Å². The number of hydrogen-bond acceptors (Lipinski definition) is 3. The van der Waals surface area contributed by atoms with Crippen molar-refractivity contribution < 1.29 is 9.59 Å². The maximum Gasteiger partial charge on any atom is 0.253 e. The Bertz CT molecular complexity index is 942. The normalized spacial score (nSPS) is 20.4. The number of benzene rings is 1. The molecule has 2 amide bonds. The molecule has 0 radical (unpaired) electrons. The highest BCUT2D eigenvalue weighted by Crippen LogP contribution is 2.24. The second-order valence-electron chi connectivity index (χ2n) is 6.31. The van der Waals surface area contributed by atoms with Crippen molar-refractivity contribution in [2.24, 2.45) is 7.05 Å². The molecule has 0 aliphatic carbocycles. The number of H-pyrrole nitrogens is 1. The lowest BCUT2D eigenvalue weighted by Gasteiger charge is -2.32. The average Bonchev–Trinajstić information content (AvgIpc) is 3.24. The molecule has 0 bridgehead atoms. The van der Waals surface area contributed by atoms with E-state index in [4.69, 9.17) is 0 Å². The Morgan fingerprint density at radius 2 is 2.24 bits per heavy atom. The number of rotatable bonds is 3. The summed E-state index contributed by atoms with van der Waals surface area (Å²) in [5, 5.41) is 7.02. The van der Waals surface area contributed by atoms with Crippen molar-refractivity contribution in [3.8, 4) is 0 Å². The van der Waals surface area contributed by atoms with Gasteiger partial charge in [-0.05, 0) is 18.6 Å². The first-order valence-electron chi connectivity index (χ1n) is 8.27. The highest BCUT2D eigenvalue weighted by Gasteiger charge is 2.33. The number of imidazole rings is 1. The Balaban J connectivity index is 1.61. The lowest BCUT2D eigenvalue weighted by atomic mass is 9.96. The van der Waals surface area contributed by atoms with Gasteiger partial charge in [-0.1, -0.05) is 12.1 Å². The van der Waals surface area contributed by atoms with Crippen molar-refractivity contribution in [1.29, 1.82) is 0 Å².